The second kappa shape index (κ2) is 4.45. The van der Waals surface area contributed by atoms with Crippen LogP contribution in [-0.2, 0) is 0 Å². The molecule has 90 valence electrons. The summed E-state index contributed by atoms with van der Waals surface area (Å²) in [6, 6.07) is 8.61. The van der Waals surface area contributed by atoms with Crippen LogP contribution in [0.25, 0.3) is 11.0 Å². The minimum absolute atomic E-state index is 0.744. The van der Waals surface area contributed by atoms with Gasteiger partial charge in [-0.3, -0.25) is 4.84 Å². The molecule has 17 heavy (non-hydrogen) atoms. The number of para-hydroxylation sites is 2. The molecule has 0 unspecified atom stereocenters. The molecule has 0 aliphatic rings. The van der Waals surface area contributed by atoms with E-state index < -0.39 is 0 Å². The lowest BCUT2D eigenvalue weighted by atomic mass is 10.3. The van der Waals surface area contributed by atoms with Crippen molar-refractivity contribution >= 4 is 17.1 Å². The van der Waals surface area contributed by atoms with E-state index in [4.69, 9.17) is 4.84 Å². The van der Waals surface area contributed by atoms with Gasteiger partial charge in [0.25, 0.3) is 0 Å². The Morgan fingerprint density at radius 2 is 2.00 bits per heavy atom. The fourth-order valence-corrected chi connectivity index (χ4v) is 1.66. The standard InChI is InChI=1S/C12H17N4O/c1-14(2)12(15(3)4)17-16-9-13-10-7-5-6-8-11(10)16/h5-9H,1-4H3/q+1. The van der Waals surface area contributed by atoms with Gasteiger partial charge >= 0.3 is 6.02 Å². The highest BCUT2D eigenvalue weighted by molar-refractivity contribution is 5.76. The third-order valence-electron chi connectivity index (χ3n) is 2.37. The van der Waals surface area contributed by atoms with Gasteiger partial charge in [0.05, 0.1) is 33.7 Å². The highest BCUT2D eigenvalue weighted by atomic mass is 16.7. The minimum atomic E-state index is 0.744. The van der Waals surface area contributed by atoms with Gasteiger partial charge in [-0.25, -0.2) is 14.5 Å². The van der Waals surface area contributed by atoms with E-state index in [1.54, 1.807) is 11.1 Å². The van der Waals surface area contributed by atoms with Crippen molar-refractivity contribution in [2.24, 2.45) is 0 Å². The quantitative estimate of drug-likeness (QED) is 0.412. The first-order valence-corrected chi connectivity index (χ1v) is 5.41. The minimum Gasteiger partial charge on any atom is -0.297 e. The van der Waals surface area contributed by atoms with Crippen LogP contribution in [0.4, 0.5) is 0 Å². The molecular weight excluding hydrogens is 216 g/mol. The zero-order chi connectivity index (χ0) is 12.4. The van der Waals surface area contributed by atoms with Gasteiger partial charge < -0.3 is 0 Å². The molecule has 1 heterocycles. The molecule has 2 rings (SSSR count). The van der Waals surface area contributed by atoms with E-state index in [-0.39, 0.29) is 0 Å². The van der Waals surface area contributed by atoms with Gasteiger partial charge in [0, 0.05) is 0 Å². The molecule has 0 saturated carbocycles. The van der Waals surface area contributed by atoms with Crippen LogP contribution in [0.2, 0.25) is 0 Å². The number of rotatable bonds is 1. The lowest BCUT2D eigenvalue weighted by Crippen LogP contribution is -2.38. The van der Waals surface area contributed by atoms with Gasteiger partial charge in [-0.05, 0) is 12.1 Å². The maximum absolute atomic E-state index is 5.81. The number of imidazole rings is 1. The normalized spacial score (nSPS) is 10.4. The summed E-state index contributed by atoms with van der Waals surface area (Å²) in [5, 5.41) is 0. The first kappa shape index (κ1) is 11.4. The number of nitrogens with zero attached hydrogens (tertiary/aromatic N) is 4. The van der Waals surface area contributed by atoms with Gasteiger partial charge in [0.1, 0.15) is 11.8 Å². The molecule has 0 aliphatic carbocycles. The number of amidine groups is 1. The predicted octanol–water partition coefficient (Wildman–Crippen LogP) is 0.655. The summed E-state index contributed by atoms with van der Waals surface area (Å²) >= 11 is 0. The molecule has 5 heteroatoms. The number of hydrogen-bond acceptors (Lipinski definition) is 2. The molecule has 0 amide bonds. The number of aromatic nitrogens is 2. The number of benzene rings is 1. The molecule has 0 N–H and O–H groups in total. The molecule has 0 saturated heterocycles. The molecule has 2 aromatic rings. The van der Waals surface area contributed by atoms with Gasteiger partial charge in [-0.15, -0.1) is 0 Å². The zero-order valence-corrected chi connectivity index (χ0v) is 10.6. The number of fused-ring (bicyclic) bond motifs is 1. The third kappa shape index (κ3) is 2.22. The summed E-state index contributed by atoms with van der Waals surface area (Å²) in [7, 11) is 7.76. The van der Waals surface area contributed by atoms with Crippen LogP contribution in [0.15, 0.2) is 30.6 Å². The fraction of sp³-hybridized carbons (Fsp3) is 0.333. The first-order chi connectivity index (χ1) is 8.09. The smallest absolute Gasteiger partial charge is 0.297 e. The summed E-state index contributed by atoms with van der Waals surface area (Å²) in [5.41, 5.74) is 1.87. The van der Waals surface area contributed by atoms with E-state index in [1.807, 2.05) is 61.9 Å². The molecular formula is C12H17N4O+. The molecule has 0 aliphatic heterocycles. The Labute approximate surface area is 101 Å². The summed E-state index contributed by atoms with van der Waals surface area (Å²) in [6.07, 6.45) is 1.68. The largest absolute Gasteiger partial charge is 0.470 e. The van der Waals surface area contributed by atoms with Gasteiger partial charge in [0.2, 0.25) is 0 Å². The fourth-order valence-electron chi connectivity index (χ4n) is 1.66. The highest BCUT2D eigenvalue weighted by Gasteiger charge is 2.16. The van der Waals surface area contributed by atoms with Crippen molar-refractivity contribution in [2.75, 3.05) is 28.2 Å². The van der Waals surface area contributed by atoms with Crippen molar-refractivity contribution < 1.29 is 9.41 Å². The van der Waals surface area contributed by atoms with Crippen molar-refractivity contribution in [3.63, 3.8) is 0 Å². The first-order valence-electron chi connectivity index (χ1n) is 5.41. The second-order valence-corrected chi connectivity index (χ2v) is 4.22. The monoisotopic (exact) mass is 233 g/mol. The lowest BCUT2D eigenvalue weighted by molar-refractivity contribution is -0.480. The summed E-state index contributed by atoms with van der Waals surface area (Å²) in [4.78, 5) is 12.0. The van der Waals surface area contributed by atoms with Crippen molar-refractivity contribution in [3.8, 4) is 0 Å². The van der Waals surface area contributed by atoms with Crippen molar-refractivity contribution in [2.45, 2.75) is 0 Å². The van der Waals surface area contributed by atoms with E-state index in [0.29, 0.717) is 0 Å². The SMILES string of the molecule is CN(C)C(On1cnc2ccccc21)=[N+](C)C. The Bertz CT molecular complexity index is 552. The predicted molar refractivity (Wildman–Crippen MR) is 67.1 cm³/mol. The van der Waals surface area contributed by atoms with Crippen molar-refractivity contribution in [3.05, 3.63) is 30.6 Å². The Morgan fingerprint density at radius 1 is 1.29 bits per heavy atom. The molecule has 5 nitrogen and oxygen atoms in total. The maximum Gasteiger partial charge on any atom is 0.470 e. The van der Waals surface area contributed by atoms with Crippen LogP contribution in [-0.4, -0.2) is 53.4 Å². The van der Waals surface area contributed by atoms with Crippen LogP contribution < -0.4 is 4.84 Å². The van der Waals surface area contributed by atoms with Gasteiger partial charge in [-0.2, -0.15) is 4.73 Å². The van der Waals surface area contributed by atoms with Crippen molar-refractivity contribution in [1.82, 2.24) is 14.6 Å². The molecule has 0 bridgehead atoms. The van der Waals surface area contributed by atoms with E-state index in [9.17, 15) is 0 Å². The molecule has 0 radical (unpaired) electrons. The van der Waals surface area contributed by atoms with Gasteiger partial charge in [0.15, 0.2) is 0 Å². The molecule has 0 spiro atoms. The Hall–Kier alpha value is -2.04. The van der Waals surface area contributed by atoms with Crippen molar-refractivity contribution in [1.29, 1.82) is 0 Å². The van der Waals surface area contributed by atoms with Crippen LogP contribution in [0.5, 0.6) is 0 Å². The van der Waals surface area contributed by atoms with E-state index in [2.05, 4.69) is 4.98 Å². The van der Waals surface area contributed by atoms with E-state index in [1.165, 1.54) is 0 Å². The summed E-state index contributed by atoms with van der Waals surface area (Å²) in [5.74, 6) is 0. The van der Waals surface area contributed by atoms with E-state index >= 15 is 0 Å². The molecule has 0 atom stereocenters. The topological polar surface area (TPSA) is 33.3 Å². The van der Waals surface area contributed by atoms with E-state index in [0.717, 1.165) is 17.1 Å². The Balaban J connectivity index is 2.39. The molecule has 1 aromatic carbocycles. The van der Waals surface area contributed by atoms with Crippen LogP contribution >= 0.6 is 0 Å². The Kier molecular flexibility index (Phi) is 2.99. The highest BCUT2D eigenvalue weighted by Crippen LogP contribution is 2.10. The maximum atomic E-state index is 5.81. The Morgan fingerprint density at radius 3 is 2.65 bits per heavy atom. The second-order valence-electron chi connectivity index (χ2n) is 4.22. The molecule has 0 fully saturated rings. The van der Waals surface area contributed by atoms with Gasteiger partial charge in [-0.1, -0.05) is 12.1 Å². The average Bonchev–Trinajstić information content (AvgIpc) is 2.68. The number of hydrogen-bond donors (Lipinski definition) is 0. The zero-order valence-electron chi connectivity index (χ0n) is 10.6. The summed E-state index contributed by atoms with van der Waals surface area (Å²) in [6.45, 7) is 0. The lowest BCUT2D eigenvalue weighted by Gasteiger charge is -2.11. The average molecular weight is 233 g/mol. The van der Waals surface area contributed by atoms with Crippen LogP contribution in [0.1, 0.15) is 0 Å². The third-order valence-corrected chi connectivity index (χ3v) is 2.37. The molecule has 1 aromatic heterocycles. The van der Waals surface area contributed by atoms with Crippen LogP contribution in [0, 0.1) is 0 Å². The van der Waals surface area contributed by atoms with Crippen LogP contribution in [0.3, 0.4) is 0 Å². The summed E-state index contributed by atoms with van der Waals surface area (Å²) < 4.78 is 3.58.